The van der Waals surface area contributed by atoms with Crippen LogP contribution in [0.15, 0.2) is 24.3 Å². The van der Waals surface area contributed by atoms with Crippen molar-refractivity contribution in [2.24, 2.45) is 11.3 Å². The molecule has 1 unspecified atom stereocenters. The van der Waals surface area contributed by atoms with Crippen molar-refractivity contribution in [1.29, 1.82) is 0 Å². The van der Waals surface area contributed by atoms with E-state index in [-0.39, 0.29) is 11.2 Å². The largest absolute Gasteiger partial charge is 0.300 e. The average molecular weight is 192 g/mol. The van der Waals surface area contributed by atoms with Crippen LogP contribution in [0.5, 0.6) is 0 Å². The molecule has 1 atom stereocenters. The monoisotopic (exact) mass is 192 g/mol. The van der Waals surface area contributed by atoms with Gasteiger partial charge in [0.15, 0.2) is 0 Å². The highest BCUT2D eigenvalue weighted by Gasteiger charge is 2.31. The van der Waals surface area contributed by atoms with Crippen molar-refractivity contribution in [2.75, 3.05) is 0 Å². The van der Waals surface area contributed by atoms with Crippen molar-refractivity contribution in [3.05, 3.63) is 24.3 Å². The molecule has 78 valence electrons. The third-order valence-electron chi connectivity index (χ3n) is 3.15. The molecule has 0 aromatic heterocycles. The van der Waals surface area contributed by atoms with E-state index >= 15 is 0 Å². The molecule has 0 spiro atoms. The van der Waals surface area contributed by atoms with Crippen LogP contribution in [0, 0.1) is 11.3 Å². The minimum absolute atomic E-state index is 0.265. The number of carbonyl (C=O) groups is 1. The van der Waals surface area contributed by atoms with E-state index in [2.05, 4.69) is 32.6 Å². The fourth-order valence-corrected chi connectivity index (χ4v) is 2.20. The summed E-state index contributed by atoms with van der Waals surface area (Å²) in [6.07, 6.45) is 7.02. The highest BCUT2D eigenvalue weighted by Crippen LogP contribution is 2.42. The molecule has 0 heterocycles. The highest BCUT2D eigenvalue weighted by molar-refractivity contribution is 5.75. The van der Waals surface area contributed by atoms with Gasteiger partial charge < -0.3 is 4.79 Å². The van der Waals surface area contributed by atoms with Gasteiger partial charge in [0.25, 0.3) is 0 Å². The van der Waals surface area contributed by atoms with Gasteiger partial charge in [-0.2, -0.15) is 0 Å². The van der Waals surface area contributed by atoms with Crippen molar-refractivity contribution in [2.45, 2.75) is 40.0 Å². The van der Waals surface area contributed by atoms with Crippen LogP contribution in [0.3, 0.4) is 0 Å². The summed E-state index contributed by atoms with van der Waals surface area (Å²) < 4.78 is 0. The number of hydrogen-bond donors (Lipinski definition) is 0. The highest BCUT2D eigenvalue weighted by atomic mass is 16.1. The summed E-state index contributed by atoms with van der Waals surface area (Å²) in [4.78, 5) is 11.0. The van der Waals surface area contributed by atoms with Crippen LogP contribution in [-0.2, 0) is 4.79 Å². The number of rotatable bonds is 3. The van der Waals surface area contributed by atoms with Gasteiger partial charge in [0, 0.05) is 6.42 Å². The summed E-state index contributed by atoms with van der Waals surface area (Å²) >= 11 is 0. The van der Waals surface area contributed by atoms with Gasteiger partial charge in [0.2, 0.25) is 0 Å². The SMILES string of the molecule is C=C1C=CCC(C)(C)C1CCC(C)=O. The van der Waals surface area contributed by atoms with Crippen LogP contribution in [0.1, 0.15) is 40.0 Å². The van der Waals surface area contributed by atoms with Crippen molar-refractivity contribution < 1.29 is 4.79 Å². The van der Waals surface area contributed by atoms with Crippen LogP contribution < -0.4 is 0 Å². The first kappa shape index (κ1) is 11.2. The quantitative estimate of drug-likeness (QED) is 0.668. The Morgan fingerprint density at radius 1 is 1.64 bits per heavy atom. The molecule has 0 aromatic rings. The summed E-state index contributed by atoms with van der Waals surface area (Å²) in [5.41, 5.74) is 1.45. The summed E-state index contributed by atoms with van der Waals surface area (Å²) in [5.74, 6) is 0.750. The van der Waals surface area contributed by atoms with Gasteiger partial charge in [-0.1, -0.05) is 38.2 Å². The Hall–Kier alpha value is -0.850. The Morgan fingerprint density at radius 3 is 2.79 bits per heavy atom. The Morgan fingerprint density at radius 2 is 2.29 bits per heavy atom. The minimum atomic E-state index is 0.265. The van der Waals surface area contributed by atoms with Crippen LogP contribution in [-0.4, -0.2) is 5.78 Å². The van der Waals surface area contributed by atoms with Gasteiger partial charge in [0.05, 0.1) is 0 Å². The van der Waals surface area contributed by atoms with Gasteiger partial charge in [0.1, 0.15) is 5.78 Å². The molecule has 0 aromatic carbocycles. The van der Waals surface area contributed by atoms with Crippen molar-refractivity contribution in [1.82, 2.24) is 0 Å². The molecule has 0 saturated heterocycles. The standard InChI is InChI=1S/C13H20O/c1-10-6-5-9-13(3,4)12(10)8-7-11(2)14/h5-6,12H,1,7-9H2,2-4H3. The topological polar surface area (TPSA) is 17.1 Å². The Balaban J connectivity index is 2.68. The molecule has 0 saturated carbocycles. The molecule has 1 aliphatic rings. The molecule has 0 radical (unpaired) electrons. The van der Waals surface area contributed by atoms with Crippen LogP contribution in [0.2, 0.25) is 0 Å². The number of allylic oxidation sites excluding steroid dienone is 3. The molecule has 0 amide bonds. The maximum atomic E-state index is 11.0. The lowest BCUT2D eigenvalue weighted by Gasteiger charge is -2.37. The first-order chi connectivity index (χ1) is 6.43. The number of ketones is 1. The average Bonchev–Trinajstić information content (AvgIpc) is 2.01. The molecule has 1 nitrogen and oxygen atoms in total. The molecule has 0 aliphatic heterocycles. The summed E-state index contributed by atoms with van der Waals surface area (Å²) in [5, 5.41) is 0. The smallest absolute Gasteiger partial charge is 0.129 e. The zero-order chi connectivity index (χ0) is 10.8. The van der Waals surface area contributed by atoms with Crippen molar-refractivity contribution in [3.63, 3.8) is 0 Å². The lowest BCUT2D eigenvalue weighted by atomic mass is 9.68. The van der Waals surface area contributed by atoms with E-state index in [0.717, 1.165) is 12.8 Å². The second-order valence-electron chi connectivity index (χ2n) is 4.96. The Labute approximate surface area is 86.9 Å². The second-order valence-corrected chi connectivity index (χ2v) is 4.96. The Kier molecular flexibility index (Phi) is 3.30. The van der Waals surface area contributed by atoms with Crippen LogP contribution in [0.4, 0.5) is 0 Å². The predicted molar refractivity (Wildman–Crippen MR) is 60.1 cm³/mol. The number of carbonyl (C=O) groups excluding carboxylic acids is 1. The second kappa shape index (κ2) is 4.12. The van der Waals surface area contributed by atoms with E-state index < -0.39 is 0 Å². The zero-order valence-electron chi connectivity index (χ0n) is 9.47. The van der Waals surface area contributed by atoms with E-state index in [9.17, 15) is 4.79 Å². The zero-order valence-corrected chi connectivity index (χ0v) is 9.47. The third kappa shape index (κ3) is 2.57. The third-order valence-corrected chi connectivity index (χ3v) is 3.15. The number of Topliss-reactive ketones (excluding diaryl/α,β-unsaturated/α-hetero) is 1. The fraction of sp³-hybridized carbons (Fsp3) is 0.615. The summed E-state index contributed by atoms with van der Waals surface area (Å²) in [6.45, 7) is 10.2. The van der Waals surface area contributed by atoms with E-state index in [0.29, 0.717) is 12.3 Å². The van der Waals surface area contributed by atoms with Gasteiger partial charge in [-0.15, -0.1) is 0 Å². The lowest BCUT2D eigenvalue weighted by molar-refractivity contribution is -0.117. The van der Waals surface area contributed by atoms with E-state index in [1.165, 1.54) is 5.57 Å². The Bertz CT molecular complexity index is 271. The maximum absolute atomic E-state index is 11.0. The fourth-order valence-electron chi connectivity index (χ4n) is 2.20. The molecular weight excluding hydrogens is 172 g/mol. The van der Waals surface area contributed by atoms with Gasteiger partial charge in [-0.05, 0) is 31.1 Å². The lowest BCUT2D eigenvalue weighted by Crippen LogP contribution is -2.27. The molecule has 1 aliphatic carbocycles. The van der Waals surface area contributed by atoms with Crippen LogP contribution >= 0.6 is 0 Å². The molecule has 1 rings (SSSR count). The summed E-state index contributed by atoms with van der Waals surface area (Å²) in [6, 6.07) is 0. The molecule has 14 heavy (non-hydrogen) atoms. The summed E-state index contributed by atoms with van der Waals surface area (Å²) in [7, 11) is 0. The van der Waals surface area contributed by atoms with Crippen molar-refractivity contribution >= 4 is 5.78 Å². The number of hydrogen-bond acceptors (Lipinski definition) is 1. The maximum Gasteiger partial charge on any atom is 0.129 e. The molecule has 0 N–H and O–H groups in total. The molecular formula is C13H20O. The minimum Gasteiger partial charge on any atom is -0.300 e. The molecule has 0 bridgehead atoms. The first-order valence-corrected chi connectivity index (χ1v) is 5.28. The normalized spacial score (nSPS) is 25.1. The van der Waals surface area contributed by atoms with E-state index in [4.69, 9.17) is 0 Å². The van der Waals surface area contributed by atoms with E-state index in [1.807, 2.05) is 0 Å². The first-order valence-electron chi connectivity index (χ1n) is 5.28. The van der Waals surface area contributed by atoms with E-state index in [1.54, 1.807) is 6.92 Å². The molecule has 0 fully saturated rings. The van der Waals surface area contributed by atoms with Crippen molar-refractivity contribution in [3.8, 4) is 0 Å². The predicted octanol–water partition coefficient (Wildman–Crippen LogP) is 3.51. The molecule has 1 heteroatoms. The van der Waals surface area contributed by atoms with Crippen LogP contribution in [0.25, 0.3) is 0 Å². The van der Waals surface area contributed by atoms with Gasteiger partial charge in [-0.25, -0.2) is 0 Å². The van der Waals surface area contributed by atoms with Gasteiger partial charge in [-0.3, -0.25) is 0 Å². The van der Waals surface area contributed by atoms with Gasteiger partial charge >= 0.3 is 0 Å².